The average molecular weight is 410 g/mol. The second-order valence-electron chi connectivity index (χ2n) is 6.19. The molecule has 1 heterocycles. The average Bonchev–Trinajstić information content (AvgIpc) is 3.10. The number of rotatable bonds is 9. The van der Waals surface area contributed by atoms with Crippen LogP contribution >= 0.6 is 11.3 Å². The maximum Gasteiger partial charge on any atom is 0.358 e. The Morgan fingerprint density at radius 3 is 2.82 bits per heavy atom. The highest BCUT2D eigenvalue weighted by Crippen LogP contribution is 2.21. The van der Waals surface area contributed by atoms with E-state index in [-0.39, 0.29) is 17.1 Å². The molecule has 0 aliphatic carbocycles. The molecule has 0 saturated heterocycles. The van der Waals surface area contributed by atoms with Gasteiger partial charge in [0.1, 0.15) is 5.82 Å². The summed E-state index contributed by atoms with van der Waals surface area (Å²) in [6, 6.07) is 2.72. The van der Waals surface area contributed by atoms with Crippen LogP contribution in [0.4, 0.5) is 20.9 Å². The summed E-state index contributed by atoms with van der Waals surface area (Å²) in [5.74, 6) is -1.95. The number of hydrogen-bond donors (Lipinski definition) is 2. The van der Waals surface area contributed by atoms with E-state index in [4.69, 9.17) is 4.74 Å². The molecule has 9 nitrogen and oxygen atoms in total. The predicted molar refractivity (Wildman–Crippen MR) is 102 cm³/mol. The number of esters is 1. The van der Waals surface area contributed by atoms with Gasteiger partial charge in [-0.3, -0.25) is 14.9 Å². The summed E-state index contributed by atoms with van der Waals surface area (Å²) < 4.78 is 18.5. The Morgan fingerprint density at radius 2 is 2.14 bits per heavy atom. The lowest BCUT2D eigenvalue weighted by Gasteiger charge is -2.07. The number of amides is 1. The van der Waals surface area contributed by atoms with E-state index in [0.717, 1.165) is 31.2 Å². The van der Waals surface area contributed by atoms with Crippen LogP contribution in [-0.2, 0) is 9.53 Å². The monoisotopic (exact) mass is 410 g/mol. The Kier molecular flexibility index (Phi) is 7.38. The summed E-state index contributed by atoms with van der Waals surface area (Å²) >= 11 is 1.24. The Hall–Kier alpha value is -3.08. The van der Waals surface area contributed by atoms with Gasteiger partial charge in [-0.05, 0) is 18.4 Å². The largest absolute Gasteiger partial charge is 0.451 e. The van der Waals surface area contributed by atoms with Crippen LogP contribution in [0.1, 0.15) is 30.8 Å². The fourth-order valence-corrected chi connectivity index (χ4v) is 2.74. The molecule has 0 spiro atoms. The zero-order valence-corrected chi connectivity index (χ0v) is 16.0. The molecule has 0 fully saturated rings. The van der Waals surface area contributed by atoms with Gasteiger partial charge in [-0.1, -0.05) is 13.8 Å². The van der Waals surface area contributed by atoms with Crippen LogP contribution in [0.5, 0.6) is 0 Å². The van der Waals surface area contributed by atoms with Gasteiger partial charge in [0.05, 0.1) is 10.6 Å². The Balaban J connectivity index is 1.86. The number of halogens is 1. The van der Waals surface area contributed by atoms with Crippen molar-refractivity contribution in [3.63, 3.8) is 0 Å². The first-order chi connectivity index (χ1) is 13.3. The zero-order chi connectivity index (χ0) is 20.7. The number of anilines is 2. The molecule has 0 bridgehead atoms. The Labute approximate surface area is 164 Å². The summed E-state index contributed by atoms with van der Waals surface area (Å²) in [6.07, 6.45) is 0.952. The number of benzene rings is 1. The molecule has 0 radical (unpaired) electrons. The molecule has 1 amide bonds. The first-order valence-corrected chi connectivity index (χ1v) is 9.24. The molecular formula is C17H19FN4O5S. The molecule has 28 heavy (non-hydrogen) atoms. The number of ether oxygens (including phenoxy) is 1. The van der Waals surface area contributed by atoms with Crippen molar-refractivity contribution in [1.29, 1.82) is 0 Å². The summed E-state index contributed by atoms with van der Waals surface area (Å²) in [4.78, 5) is 37.9. The molecule has 2 N–H and O–H groups in total. The van der Waals surface area contributed by atoms with Crippen molar-refractivity contribution in [3.05, 3.63) is 45.2 Å². The van der Waals surface area contributed by atoms with Gasteiger partial charge >= 0.3 is 5.97 Å². The van der Waals surface area contributed by atoms with Gasteiger partial charge < -0.3 is 15.4 Å². The minimum Gasteiger partial charge on any atom is -0.451 e. The number of nitro benzene ring substituents is 1. The maximum absolute atomic E-state index is 13.7. The molecule has 1 aromatic carbocycles. The van der Waals surface area contributed by atoms with Crippen LogP contribution in [0.2, 0.25) is 0 Å². The van der Waals surface area contributed by atoms with Gasteiger partial charge in [-0.2, -0.15) is 0 Å². The molecule has 2 rings (SSSR count). The molecule has 11 heteroatoms. The molecule has 0 saturated carbocycles. The van der Waals surface area contributed by atoms with Crippen molar-refractivity contribution in [3.8, 4) is 0 Å². The minimum absolute atomic E-state index is 0.0476. The lowest BCUT2D eigenvalue weighted by atomic mass is 10.1. The molecular weight excluding hydrogens is 391 g/mol. The maximum atomic E-state index is 13.7. The predicted octanol–water partition coefficient (Wildman–Crippen LogP) is 3.44. The number of non-ortho nitro benzene ring substituents is 1. The second-order valence-corrected chi connectivity index (χ2v) is 7.05. The number of nitrogens with zero attached hydrogens (tertiary/aromatic N) is 2. The van der Waals surface area contributed by atoms with Crippen LogP contribution in [0.25, 0.3) is 0 Å². The lowest BCUT2D eigenvalue weighted by Crippen LogP contribution is -2.21. The van der Waals surface area contributed by atoms with E-state index in [1.165, 1.54) is 16.7 Å². The van der Waals surface area contributed by atoms with E-state index < -0.39 is 29.2 Å². The number of nitrogens with one attached hydrogen (secondary N) is 2. The minimum atomic E-state index is -0.845. The molecule has 2 aromatic rings. The summed E-state index contributed by atoms with van der Waals surface area (Å²) in [7, 11) is 0. The zero-order valence-electron chi connectivity index (χ0n) is 15.2. The highest BCUT2D eigenvalue weighted by Gasteiger charge is 2.16. The van der Waals surface area contributed by atoms with Crippen LogP contribution < -0.4 is 10.6 Å². The van der Waals surface area contributed by atoms with Gasteiger partial charge in [0.25, 0.3) is 11.6 Å². The third-order valence-electron chi connectivity index (χ3n) is 3.48. The number of aromatic nitrogens is 1. The van der Waals surface area contributed by atoms with Gasteiger partial charge in [0.15, 0.2) is 17.4 Å². The molecule has 0 aliphatic rings. The van der Waals surface area contributed by atoms with Gasteiger partial charge in [0, 0.05) is 24.1 Å². The van der Waals surface area contributed by atoms with E-state index in [1.54, 1.807) is 0 Å². The van der Waals surface area contributed by atoms with Crippen molar-refractivity contribution >= 4 is 39.7 Å². The quantitative estimate of drug-likeness (QED) is 0.369. The smallest absolute Gasteiger partial charge is 0.358 e. The SMILES string of the molecule is CC(C)CCNc1nc(C(=O)OCC(=O)Nc2cc([N+](=O)[O-])ccc2F)cs1. The van der Waals surface area contributed by atoms with Crippen LogP contribution in [0.3, 0.4) is 0 Å². The third kappa shape index (κ3) is 6.27. The Morgan fingerprint density at radius 1 is 1.39 bits per heavy atom. The fourth-order valence-electron chi connectivity index (χ4n) is 2.03. The second kappa shape index (κ2) is 9.74. The van der Waals surface area contributed by atoms with Crippen molar-refractivity contribution in [2.45, 2.75) is 20.3 Å². The Bertz CT molecular complexity index is 871. The van der Waals surface area contributed by atoms with Crippen molar-refractivity contribution in [2.75, 3.05) is 23.8 Å². The van der Waals surface area contributed by atoms with Crippen LogP contribution in [0.15, 0.2) is 23.6 Å². The van der Waals surface area contributed by atoms with Crippen molar-refractivity contribution in [2.24, 2.45) is 5.92 Å². The number of thiazole rings is 1. The van der Waals surface area contributed by atoms with E-state index in [2.05, 4.69) is 29.5 Å². The van der Waals surface area contributed by atoms with Gasteiger partial charge in [-0.15, -0.1) is 11.3 Å². The van der Waals surface area contributed by atoms with E-state index in [1.807, 2.05) is 0 Å². The van der Waals surface area contributed by atoms with Crippen molar-refractivity contribution in [1.82, 2.24) is 4.98 Å². The van der Waals surface area contributed by atoms with Crippen LogP contribution in [0, 0.1) is 21.8 Å². The van der Waals surface area contributed by atoms with E-state index in [9.17, 15) is 24.1 Å². The first kappa shape index (κ1) is 21.2. The van der Waals surface area contributed by atoms with E-state index >= 15 is 0 Å². The summed E-state index contributed by atoms with van der Waals surface area (Å²) in [5, 5.41) is 18.0. The normalized spacial score (nSPS) is 10.6. The van der Waals surface area contributed by atoms with Gasteiger partial charge in [0.2, 0.25) is 0 Å². The third-order valence-corrected chi connectivity index (χ3v) is 4.28. The highest BCUT2D eigenvalue weighted by atomic mass is 32.1. The van der Waals surface area contributed by atoms with Crippen molar-refractivity contribution < 1.29 is 23.6 Å². The summed E-state index contributed by atoms with van der Waals surface area (Å²) in [6.45, 7) is 4.22. The lowest BCUT2D eigenvalue weighted by molar-refractivity contribution is -0.384. The number of hydrogen-bond acceptors (Lipinski definition) is 8. The number of nitro groups is 1. The molecule has 0 aliphatic heterocycles. The van der Waals surface area contributed by atoms with Gasteiger partial charge in [-0.25, -0.2) is 14.2 Å². The number of carbonyl (C=O) groups excluding carboxylic acids is 2. The topological polar surface area (TPSA) is 123 Å². The van der Waals surface area contributed by atoms with Crippen LogP contribution in [-0.4, -0.2) is 34.9 Å². The highest BCUT2D eigenvalue weighted by molar-refractivity contribution is 7.13. The molecule has 0 unspecified atom stereocenters. The first-order valence-electron chi connectivity index (χ1n) is 8.36. The van der Waals surface area contributed by atoms with E-state index in [0.29, 0.717) is 11.0 Å². The molecule has 150 valence electrons. The molecule has 0 atom stereocenters. The fraction of sp³-hybridized carbons (Fsp3) is 0.353. The molecule has 1 aromatic heterocycles. The summed E-state index contributed by atoms with van der Waals surface area (Å²) in [5.41, 5.74) is -0.708. The number of carbonyl (C=O) groups is 2. The standard InChI is InChI=1S/C17H19FN4O5S/c1-10(2)5-6-19-17-21-14(9-28-17)16(24)27-8-15(23)20-13-7-11(22(25)26)3-4-12(13)18/h3-4,7,9-10H,5-6,8H2,1-2H3,(H,19,21)(H,20,23).